The van der Waals surface area contributed by atoms with Crippen molar-refractivity contribution in [2.45, 2.75) is 19.3 Å². The van der Waals surface area contributed by atoms with Crippen molar-refractivity contribution in [1.29, 1.82) is 0 Å². The van der Waals surface area contributed by atoms with Gasteiger partial charge in [0.05, 0.1) is 20.6 Å². The average Bonchev–Trinajstić information content (AvgIpc) is 3.58. The first-order chi connectivity index (χ1) is 17.3. The molecule has 0 spiro atoms. The Kier molecular flexibility index (Phi) is 3.50. The minimum atomic E-state index is -2.78. The molecule has 3 aromatic rings. The number of aryl methyl sites for hydroxylation is 1. The van der Waals surface area contributed by atoms with E-state index in [1.54, 1.807) is 13.1 Å². The lowest BCUT2D eigenvalue weighted by Gasteiger charge is -2.28. The SMILES string of the molecule is [2H]C([2H])([2H])NC(=O)c1nnc(NC(=O)C2CC2)cc1Nc1nccc2c1N(C)C([2H])([2H])c1nn(C)nc1-2. The molecule has 1 saturated carbocycles. The minimum absolute atomic E-state index is 0.00245. The lowest BCUT2D eigenvalue weighted by Crippen LogP contribution is -2.25. The van der Waals surface area contributed by atoms with Crippen LogP contribution >= 0.6 is 0 Å². The summed E-state index contributed by atoms with van der Waals surface area (Å²) in [5, 5.41) is 23.7. The summed E-state index contributed by atoms with van der Waals surface area (Å²) in [5.74, 6) is -1.19. The van der Waals surface area contributed by atoms with Gasteiger partial charge in [-0.15, -0.1) is 10.2 Å². The molecule has 1 aliphatic carbocycles. The van der Waals surface area contributed by atoms with E-state index >= 15 is 0 Å². The molecule has 0 bridgehead atoms. The highest BCUT2D eigenvalue weighted by atomic mass is 16.2. The molecular formula is C20H22N10O2. The number of fused-ring (bicyclic) bond motifs is 3. The number of rotatable bonds is 5. The van der Waals surface area contributed by atoms with E-state index in [0.29, 0.717) is 16.9 Å². The fraction of sp³-hybridized carbons (Fsp3) is 0.350. The van der Waals surface area contributed by atoms with Crippen molar-refractivity contribution in [1.82, 2.24) is 35.5 Å². The first-order valence-electron chi connectivity index (χ1n) is 12.3. The lowest BCUT2D eigenvalue weighted by atomic mass is 10.0. The van der Waals surface area contributed by atoms with E-state index < -0.39 is 19.4 Å². The Labute approximate surface area is 190 Å². The fourth-order valence-corrected chi connectivity index (χ4v) is 3.43. The number of nitrogens with one attached hydrogen (secondary N) is 3. The average molecular weight is 439 g/mol. The number of nitrogens with zero attached hydrogens (tertiary/aromatic N) is 7. The van der Waals surface area contributed by atoms with E-state index in [0.717, 1.165) is 12.8 Å². The van der Waals surface area contributed by atoms with Crippen molar-refractivity contribution >= 4 is 34.8 Å². The van der Waals surface area contributed by atoms with Crippen molar-refractivity contribution in [3.63, 3.8) is 0 Å². The van der Waals surface area contributed by atoms with Gasteiger partial charge in [0, 0.05) is 48.9 Å². The fourth-order valence-electron chi connectivity index (χ4n) is 3.43. The molecule has 1 fully saturated rings. The van der Waals surface area contributed by atoms with Crippen molar-refractivity contribution in [3.05, 3.63) is 29.7 Å². The molecule has 3 aromatic heterocycles. The van der Waals surface area contributed by atoms with E-state index in [4.69, 9.17) is 6.85 Å². The summed E-state index contributed by atoms with van der Waals surface area (Å²) >= 11 is 0. The molecule has 0 atom stereocenters. The van der Waals surface area contributed by atoms with Crippen LogP contribution in [0.15, 0.2) is 18.3 Å². The van der Waals surface area contributed by atoms with Crippen LogP contribution in [-0.4, -0.2) is 56.0 Å². The highest BCUT2D eigenvalue weighted by Gasteiger charge is 2.31. The second kappa shape index (κ2) is 7.55. The van der Waals surface area contributed by atoms with Crippen LogP contribution in [0.1, 0.15) is 35.9 Å². The van der Waals surface area contributed by atoms with E-state index in [-0.39, 0.29) is 40.5 Å². The molecule has 164 valence electrons. The van der Waals surface area contributed by atoms with Gasteiger partial charge >= 0.3 is 0 Å². The number of hydrogen-bond donors (Lipinski definition) is 3. The number of amides is 2. The predicted molar refractivity (Wildman–Crippen MR) is 116 cm³/mol. The Balaban J connectivity index is 1.59. The Morgan fingerprint density at radius 2 is 2.09 bits per heavy atom. The number of pyridine rings is 1. The minimum Gasteiger partial charge on any atom is -0.365 e. The molecule has 12 nitrogen and oxygen atoms in total. The Morgan fingerprint density at radius 3 is 2.88 bits per heavy atom. The maximum Gasteiger partial charge on any atom is 0.273 e. The standard InChI is InChI=1S/C20H22N10O2/c1-21-20(32)16-12(8-14(25-26-16)24-19(31)10-4-5-10)23-18-17-11(6-7-22-18)15-13(9-29(17)2)27-30(3)28-15/h6-8,10H,4-5,9H2,1-3H3,(H,21,32)(H2,22,23,24,25,31)/i1D3,9D2. The van der Waals surface area contributed by atoms with Crippen molar-refractivity contribution in [2.75, 3.05) is 29.6 Å². The molecule has 1 aliphatic heterocycles. The van der Waals surface area contributed by atoms with Crippen molar-refractivity contribution in [3.8, 4) is 11.3 Å². The van der Waals surface area contributed by atoms with Crippen LogP contribution in [0.25, 0.3) is 11.3 Å². The highest BCUT2D eigenvalue weighted by molar-refractivity contribution is 6.00. The number of carbonyl (C=O) groups is 2. The second-order valence-corrected chi connectivity index (χ2v) is 7.45. The monoisotopic (exact) mass is 439 g/mol. The largest absolute Gasteiger partial charge is 0.365 e. The third kappa shape index (κ3) is 3.49. The van der Waals surface area contributed by atoms with E-state index in [9.17, 15) is 9.59 Å². The van der Waals surface area contributed by atoms with Gasteiger partial charge in [-0.3, -0.25) is 9.59 Å². The summed E-state index contributed by atoms with van der Waals surface area (Å²) in [6.07, 6.45) is 3.01. The summed E-state index contributed by atoms with van der Waals surface area (Å²) in [7, 11) is 3.11. The summed E-state index contributed by atoms with van der Waals surface area (Å²) in [5.41, 5.74) is 0.968. The molecule has 4 heterocycles. The van der Waals surface area contributed by atoms with Crippen LogP contribution in [0, 0.1) is 5.92 Å². The number of anilines is 4. The third-order valence-corrected chi connectivity index (χ3v) is 5.08. The molecule has 32 heavy (non-hydrogen) atoms. The first kappa shape index (κ1) is 14.8. The van der Waals surface area contributed by atoms with Crippen LogP contribution in [0.4, 0.5) is 23.0 Å². The van der Waals surface area contributed by atoms with Crippen LogP contribution in [0.5, 0.6) is 0 Å². The number of carbonyl (C=O) groups excluding carboxylic acids is 2. The number of aromatic nitrogens is 6. The van der Waals surface area contributed by atoms with Crippen LogP contribution in [0.2, 0.25) is 0 Å². The van der Waals surface area contributed by atoms with Gasteiger partial charge in [-0.25, -0.2) is 4.98 Å². The van der Waals surface area contributed by atoms with E-state index in [2.05, 4.69) is 36.0 Å². The van der Waals surface area contributed by atoms with Crippen molar-refractivity contribution in [2.24, 2.45) is 13.0 Å². The van der Waals surface area contributed by atoms with Gasteiger partial charge in [0.1, 0.15) is 11.4 Å². The molecule has 3 N–H and O–H groups in total. The van der Waals surface area contributed by atoms with Crippen LogP contribution < -0.4 is 20.9 Å². The molecule has 0 unspecified atom stereocenters. The van der Waals surface area contributed by atoms with Gasteiger partial charge in [0.25, 0.3) is 5.91 Å². The predicted octanol–water partition coefficient (Wildman–Crippen LogP) is 1.07. The summed E-state index contributed by atoms with van der Waals surface area (Å²) in [6, 6.07) is 3.00. The quantitative estimate of drug-likeness (QED) is 0.532. The number of hydrogen-bond acceptors (Lipinski definition) is 9. The summed E-state index contributed by atoms with van der Waals surface area (Å²) < 4.78 is 39.3. The van der Waals surface area contributed by atoms with Gasteiger partial charge in [0.2, 0.25) is 5.91 Å². The summed E-state index contributed by atoms with van der Waals surface area (Å²) in [4.78, 5) is 31.9. The topological polar surface area (TPSA) is 143 Å². The summed E-state index contributed by atoms with van der Waals surface area (Å²) in [6.45, 7) is -4.82. The van der Waals surface area contributed by atoms with Gasteiger partial charge in [-0.05, 0) is 18.9 Å². The molecule has 0 radical (unpaired) electrons. The normalized spacial score (nSPS) is 18.7. The van der Waals surface area contributed by atoms with Gasteiger partial charge in [-0.1, -0.05) is 0 Å². The molecular weight excluding hydrogens is 412 g/mol. The second-order valence-electron chi connectivity index (χ2n) is 7.45. The molecule has 5 rings (SSSR count). The van der Waals surface area contributed by atoms with Crippen LogP contribution in [-0.2, 0) is 18.3 Å². The van der Waals surface area contributed by atoms with E-state index in [1.807, 2.05) is 5.32 Å². The van der Waals surface area contributed by atoms with Crippen molar-refractivity contribution < 1.29 is 16.4 Å². The third-order valence-electron chi connectivity index (χ3n) is 5.08. The zero-order valence-electron chi connectivity index (χ0n) is 22.2. The smallest absolute Gasteiger partial charge is 0.273 e. The molecule has 2 amide bonds. The van der Waals surface area contributed by atoms with Gasteiger partial charge in [0.15, 0.2) is 17.3 Å². The van der Waals surface area contributed by atoms with Crippen LogP contribution in [0.3, 0.4) is 0 Å². The van der Waals surface area contributed by atoms with Gasteiger partial charge < -0.3 is 20.9 Å². The van der Waals surface area contributed by atoms with Gasteiger partial charge in [-0.2, -0.15) is 15.0 Å². The zero-order valence-corrected chi connectivity index (χ0v) is 17.2. The lowest BCUT2D eigenvalue weighted by molar-refractivity contribution is -0.117. The maximum atomic E-state index is 12.7. The Bertz CT molecular complexity index is 1420. The molecule has 12 heteroatoms. The molecule has 2 aliphatic rings. The zero-order chi connectivity index (χ0) is 26.7. The molecule has 0 saturated heterocycles. The Hall–Kier alpha value is -4.09. The first-order valence-corrected chi connectivity index (χ1v) is 9.78. The Morgan fingerprint density at radius 1 is 1.25 bits per heavy atom. The molecule has 0 aromatic carbocycles. The highest BCUT2D eigenvalue weighted by Crippen LogP contribution is 2.41. The van der Waals surface area contributed by atoms with E-state index in [1.165, 1.54) is 29.0 Å². The maximum absolute atomic E-state index is 12.7.